The predicted molar refractivity (Wildman–Crippen MR) is 77.0 cm³/mol. The Morgan fingerprint density at radius 1 is 1.40 bits per heavy atom. The molecule has 0 bridgehead atoms. The van der Waals surface area contributed by atoms with Crippen LogP contribution in [-0.2, 0) is 10.3 Å². The van der Waals surface area contributed by atoms with Crippen LogP contribution >= 0.6 is 11.3 Å². The maximum atomic E-state index is 11.5. The summed E-state index contributed by atoms with van der Waals surface area (Å²) >= 11 is 1.22. The summed E-state index contributed by atoms with van der Waals surface area (Å²) in [4.78, 5) is 16.3. The van der Waals surface area contributed by atoms with Crippen molar-refractivity contribution in [3.8, 4) is 11.3 Å². The fourth-order valence-corrected chi connectivity index (χ4v) is 3.49. The number of benzene rings is 1. The lowest BCUT2D eigenvalue weighted by molar-refractivity contribution is 0.0167. The molecule has 1 aromatic carbocycles. The first-order valence-corrected chi connectivity index (χ1v) is 7.36. The number of carboxylic acid groups (broad SMARTS) is 1. The molecule has 1 aromatic heterocycles. The fraction of sp³-hybridized carbons (Fsp3) is 0.333. The van der Waals surface area contributed by atoms with Crippen LogP contribution in [0.25, 0.3) is 11.3 Å². The van der Waals surface area contributed by atoms with Crippen molar-refractivity contribution in [2.75, 3.05) is 6.61 Å². The van der Waals surface area contributed by atoms with Crippen molar-refractivity contribution in [1.82, 2.24) is 4.98 Å². The topological polar surface area (TPSA) is 59.4 Å². The summed E-state index contributed by atoms with van der Waals surface area (Å²) < 4.78 is 5.77. The van der Waals surface area contributed by atoms with E-state index >= 15 is 0 Å². The van der Waals surface area contributed by atoms with Gasteiger partial charge in [0.2, 0.25) is 0 Å². The highest BCUT2D eigenvalue weighted by molar-refractivity contribution is 7.14. The number of carbonyl (C=O) groups is 1. The largest absolute Gasteiger partial charge is 0.477 e. The summed E-state index contributed by atoms with van der Waals surface area (Å²) in [6.07, 6.45) is 1.87. The standard InChI is InChI=1S/C15H15NO3S/c1-15(8-5-9-19-15)14-16-11(12(20-14)13(17)18)10-6-3-2-4-7-10/h2-4,6-7H,5,8-9H2,1H3,(H,17,18). The summed E-state index contributed by atoms with van der Waals surface area (Å²) in [6, 6.07) is 9.42. The van der Waals surface area contributed by atoms with Gasteiger partial charge in [0.15, 0.2) is 0 Å². The Bertz CT molecular complexity index is 630. The van der Waals surface area contributed by atoms with E-state index in [0.29, 0.717) is 12.3 Å². The van der Waals surface area contributed by atoms with E-state index in [4.69, 9.17) is 4.74 Å². The minimum absolute atomic E-state index is 0.280. The maximum Gasteiger partial charge on any atom is 0.348 e. The van der Waals surface area contributed by atoms with Gasteiger partial charge in [-0.1, -0.05) is 30.3 Å². The summed E-state index contributed by atoms with van der Waals surface area (Å²) in [7, 11) is 0. The van der Waals surface area contributed by atoms with E-state index in [1.54, 1.807) is 0 Å². The maximum absolute atomic E-state index is 11.5. The van der Waals surface area contributed by atoms with Crippen molar-refractivity contribution in [2.24, 2.45) is 0 Å². The number of rotatable bonds is 3. The lowest BCUT2D eigenvalue weighted by Gasteiger charge is -2.19. The van der Waals surface area contributed by atoms with Gasteiger partial charge in [-0.3, -0.25) is 0 Å². The van der Waals surface area contributed by atoms with E-state index in [1.165, 1.54) is 11.3 Å². The molecule has 1 aliphatic rings. The average molecular weight is 289 g/mol. The molecule has 1 unspecified atom stereocenters. The number of nitrogens with zero attached hydrogens (tertiary/aromatic N) is 1. The molecule has 1 atom stereocenters. The number of aromatic nitrogens is 1. The molecule has 1 saturated heterocycles. The molecule has 2 aromatic rings. The van der Waals surface area contributed by atoms with Crippen molar-refractivity contribution in [3.63, 3.8) is 0 Å². The first-order valence-electron chi connectivity index (χ1n) is 6.54. The second-order valence-corrected chi connectivity index (χ2v) is 6.05. The van der Waals surface area contributed by atoms with E-state index in [0.717, 1.165) is 23.4 Å². The Morgan fingerprint density at radius 2 is 2.15 bits per heavy atom. The summed E-state index contributed by atoms with van der Waals surface area (Å²) in [5, 5.41) is 10.2. The highest BCUT2D eigenvalue weighted by Crippen LogP contribution is 2.40. The van der Waals surface area contributed by atoms with E-state index in [-0.39, 0.29) is 4.88 Å². The molecule has 20 heavy (non-hydrogen) atoms. The van der Waals surface area contributed by atoms with Gasteiger partial charge in [-0.25, -0.2) is 9.78 Å². The lowest BCUT2D eigenvalue weighted by atomic mass is 10.0. The Hall–Kier alpha value is -1.72. The van der Waals surface area contributed by atoms with Crippen LogP contribution in [0.2, 0.25) is 0 Å². The minimum Gasteiger partial charge on any atom is -0.477 e. The van der Waals surface area contributed by atoms with Crippen LogP contribution < -0.4 is 0 Å². The first-order chi connectivity index (χ1) is 9.60. The Kier molecular flexibility index (Phi) is 3.31. The normalized spacial score (nSPS) is 22.1. The third-order valence-electron chi connectivity index (χ3n) is 3.54. The third-order valence-corrected chi connectivity index (χ3v) is 4.83. The molecule has 1 aliphatic heterocycles. The van der Waals surface area contributed by atoms with E-state index < -0.39 is 11.6 Å². The van der Waals surface area contributed by atoms with Gasteiger partial charge in [-0.2, -0.15) is 0 Å². The van der Waals surface area contributed by atoms with E-state index in [1.807, 2.05) is 37.3 Å². The molecule has 0 aliphatic carbocycles. The van der Waals surface area contributed by atoms with Crippen LogP contribution in [0.4, 0.5) is 0 Å². The van der Waals surface area contributed by atoms with Gasteiger partial charge in [-0.05, 0) is 19.8 Å². The Morgan fingerprint density at radius 3 is 2.75 bits per heavy atom. The molecule has 0 radical (unpaired) electrons. The molecule has 5 heteroatoms. The second-order valence-electron chi connectivity index (χ2n) is 5.05. The van der Waals surface area contributed by atoms with Crippen molar-refractivity contribution in [1.29, 1.82) is 0 Å². The first kappa shape index (κ1) is 13.3. The number of hydrogen-bond acceptors (Lipinski definition) is 4. The molecule has 0 amide bonds. The SMILES string of the molecule is CC1(c2nc(-c3ccccc3)c(C(=O)O)s2)CCCO1. The van der Waals surface area contributed by atoms with Gasteiger partial charge in [0, 0.05) is 12.2 Å². The summed E-state index contributed by atoms with van der Waals surface area (Å²) in [5.74, 6) is -0.936. The van der Waals surface area contributed by atoms with Gasteiger partial charge < -0.3 is 9.84 Å². The zero-order valence-corrected chi connectivity index (χ0v) is 11.9. The van der Waals surface area contributed by atoms with Gasteiger partial charge in [0.05, 0.1) is 5.69 Å². The van der Waals surface area contributed by atoms with E-state index in [9.17, 15) is 9.90 Å². The average Bonchev–Trinajstić information content (AvgIpc) is 3.07. The number of thiazole rings is 1. The quantitative estimate of drug-likeness (QED) is 0.939. The van der Waals surface area contributed by atoms with E-state index in [2.05, 4.69) is 4.98 Å². The molecule has 4 nitrogen and oxygen atoms in total. The van der Waals surface area contributed by atoms with Crippen LogP contribution in [0.15, 0.2) is 30.3 Å². The van der Waals surface area contributed by atoms with Crippen LogP contribution in [-0.4, -0.2) is 22.7 Å². The molecule has 0 saturated carbocycles. The number of hydrogen-bond donors (Lipinski definition) is 1. The summed E-state index contributed by atoms with van der Waals surface area (Å²) in [5.41, 5.74) is 0.922. The lowest BCUT2D eigenvalue weighted by Crippen LogP contribution is -2.19. The second kappa shape index (κ2) is 5.00. The molecular weight excluding hydrogens is 274 g/mol. The summed E-state index contributed by atoms with van der Waals surface area (Å²) in [6.45, 7) is 2.69. The molecule has 2 heterocycles. The van der Waals surface area contributed by atoms with Gasteiger partial charge in [-0.15, -0.1) is 11.3 Å². The van der Waals surface area contributed by atoms with Crippen LogP contribution in [0.3, 0.4) is 0 Å². The number of carboxylic acids is 1. The number of ether oxygens (including phenoxy) is 1. The highest BCUT2D eigenvalue weighted by Gasteiger charge is 2.36. The third kappa shape index (κ3) is 2.23. The molecule has 1 N–H and O–H groups in total. The van der Waals surface area contributed by atoms with Gasteiger partial charge in [0.1, 0.15) is 15.5 Å². The number of aromatic carboxylic acids is 1. The Balaban J connectivity index is 2.10. The monoisotopic (exact) mass is 289 g/mol. The van der Waals surface area contributed by atoms with Gasteiger partial charge >= 0.3 is 5.97 Å². The molecule has 1 fully saturated rings. The smallest absolute Gasteiger partial charge is 0.348 e. The van der Waals surface area contributed by atoms with Crippen molar-refractivity contribution < 1.29 is 14.6 Å². The zero-order valence-electron chi connectivity index (χ0n) is 11.1. The molecule has 104 valence electrons. The van der Waals surface area contributed by atoms with Crippen LogP contribution in [0.5, 0.6) is 0 Å². The van der Waals surface area contributed by atoms with Crippen molar-refractivity contribution in [3.05, 3.63) is 40.2 Å². The minimum atomic E-state index is -0.936. The van der Waals surface area contributed by atoms with Crippen LogP contribution in [0, 0.1) is 0 Å². The zero-order chi connectivity index (χ0) is 14.2. The van der Waals surface area contributed by atoms with Crippen molar-refractivity contribution in [2.45, 2.75) is 25.4 Å². The predicted octanol–water partition coefficient (Wildman–Crippen LogP) is 3.53. The molecular formula is C15H15NO3S. The Labute approximate surface area is 121 Å². The fourth-order valence-electron chi connectivity index (χ4n) is 2.43. The van der Waals surface area contributed by atoms with Crippen LogP contribution in [0.1, 0.15) is 34.4 Å². The van der Waals surface area contributed by atoms with Crippen molar-refractivity contribution >= 4 is 17.3 Å². The van der Waals surface area contributed by atoms with Gasteiger partial charge in [0.25, 0.3) is 0 Å². The molecule has 0 spiro atoms. The highest BCUT2D eigenvalue weighted by atomic mass is 32.1. The molecule has 3 rings (SSSR count).